The molecule has 314 valence electrons. The van der Waals surface area contributed by atoms with Gasteiger partial charge >= 0.3 is 6.09 Å². The van der Waals surface area contributed by atoms with Gasteiger partial charge in [0.05, 0.1) is 12.1 Å². The Kier molecular flexibility index (Phi) is 24.1. The van der Waals surface area contributed by atoms with E-state index in [0.717, 1.165) is 50.5 Å². The Morgan fingerprint density at radius 2 is 1.31 bits per heavy atom. The predicted octanol–water partition coefficient (Wildman–Crippen LogP) is 7.17. The number of Topliss-reactive ketones (excluding diaryl/α,β-unsaturated/α-hetero) is 1. The van der Waals surface area contributed by atoms with Gasteiger partial charge in [-0.1, -0.05) is 153 Å². The Morgan fingerprint density at radius 3 is 1.84 bits per heavy atom. The van der Waals surface area contributed by atoms with Crippen LogP contribution in [0.2, 0.25) is 0 Å². The van der Waals surface area contributed by atoms with E-state index in [9.17, 15) is 29.4 Å². The second-order valence-electron chi connectivity index (χ2n) is 15.5. The summed E-state index contributed by atoms with van der Waals surface area (Å²) in [6.07, 6.45) is 15.1. The normalized spacial score (nSPS) is 21.4. The minimum atomic E-state index is -2.06. The second-order valence-corrected chi connectivity index (χ2v) is 15.5. The maximum atomic E-state index is 14.1. The van der Waals surface area contributed by atoms with E-state index in [1.165, 1.54) is 83.0 Å². The van der Waals surface area contributed by atoms with Crippen molar-refractivity contribution >= 4 is 23.7 Å². The van der Waals surface area contributed by atoms with Crippen LogP contribution in [0.25, 0.3) is 0 Å². The molecule has 2 rings (SSSR count). The number of ketones is 1. The quantitative estimate of drug-likeness (QED) is 0.0417. The monoisotopic (exact) mass is 775 g/mol. The van der Waals surface area contributed by atoms with E-state index < -0.39 is 60.4 Å². The molecule has 0 aliphatic carbocycles. The Bertz CT molecular complexity index is 1240. The number of ether oxygens (including phenoxy) is 2. The maximum absolute atomic E-state index is 14.1. The molecule has 0 saturated carbocycles. The zero-order valence-corrected chi connectivity index (χ0v) is 34.4. The molecule has 1 aromatic carbocycles. The summed E-state index contributed by atoms with van der Waals surface area (Å²) in [6.45, 7) is 7.40. The number of carbonyl (C=O) groups is 4. The smallest absolute Gasteiger partial charge is 0.408 e. The van der Waals surface area contributed by atoms with Gasteiger partial charge in [0.15, 0.2) is 5.78 Å². The standard InChI is InChI=1S/C43H74N4O8/c1-5-7-9-11-13-15-17-19-21-26-30-47(38(50)29-25-20-18-16-14-12-10-8-6-2)43(44)41(46-34(4)48)40(52)39(51)37(55-43)31-36(49)33(3)45-42(53)54-32-35-27-23-22-24-28-35/h22-24,27-28,33,37,39-41,51-52H,5-21,25-26,29-32,44H2,1-4H3,(H,45,53)(H,46,48)/t33-,37+,39+,40-,41+,43-/m0/s1. The number of rotatable bonds is 29. The van der Waals surface area contributed by atoms with Crippen molar-refractivity contribution < 1.29 is 38.9 Å². The van der Waals surface area contributed by atoms with Gasteiger partial charge in [0.25, 0.3) is 0 Å². The molecule has 0 unspecified atom stereocenters. The van der Waals surface area contributed by atoms with Crippen molar-refractivity contribution in [3.63, 3.8) is 0 Å². The van der Waals surface area contributed by atoms with E-state index in [2.05, 4.69) is 24.5 Å². The van der Waals surface area contributed by atoms with Crippen LogP contribution in [0.3, 0.4) is 0 Å². The van der Waals surface area contributed by atoms with Crippen LogP contribution in [-0.2, 0) is 30.5 Å². The molecule has 3 amide bonds. The van der Waals surface area contributed by atoms with Crippen LogP contribution in [0, 0.1) is 0 Å². The van der Waals surface area contributed by atoms with Crippen LogP contribution in [0.5, 0.6) is 0 Å². The van der Waals surface area contributed by atoms with Gasteiger partial charge in [-0.25, -0.2) is 4.79 Å². The molecule has 55 heavy (non-hydrogen) atoms. The van der Waals surface area contributed by atoms with Crippen LogP contribution in [0.15, 0.2) is 30.3 Å². The van der Waals surface area contributed by atoms with Crippen molar-refractivity contribution in [3.05, 3.63) is 35.9 Å². The first kappa shape index (κ1) is 48.1. The van der Waals surface area contributed by atoms with Gasteiger partial charge in [-0.05, 0) is 25.3 Å². The largest absolute Gasteiger partial charge is 0.445 e. The highest BCUT2D eigenvalue weighted by molar-refractivity contribution is 5.87. The molecular formula is C43H74N4O8. The lowest BCUT2D eigenvalue weighted by Crippen LogP contribution is -2.79. The van der Waals surface area contributed by atoms with Crippen molar-refractivity contribution in [1.29, 1.82) is 0 Å². The minimum absolute atomic E-state index is 0.0203. The van der Waals surface area contributed by atoms with Crippen LogP contribution in [-0.4, -0.2) is 81.6 Å². The van der Waals surface area contributed by atoms with Crippen molar-refractivity contribution in [2.24, 2.45) is 5.73 Å². The molecule has 1 aliphatic rings. The van der Waals surface area contributed by atoms with Crippen molar-refractivity contribution in [1.82, 2.24) is 15.5 Å². The van der Waals surface area contributed by atoms with Crippen molar-refractivity contribution in [2.45, 2.75) is 205 Å². The number of nitrogens with two attached hydrogens (primary N) is 1. The van der Waals surface area contributed by atoms with Gasteiger partial charge in [0.1, 0.15) is 24.9 Å². The highest BCUT2D eigenvalue weighted by atomic mass is 16.6. The molecule has 0 radical (unpaired) electrons. The number of nitrogens with zero attached hydrogens (tertiary/aromatic N) is 1. The van der Waals surface area contributed by atoms with E-state index in [0.29, 0.717) is 12.8 Å². The minimum Gasteiger partial charge on any atom is -0.445 e. The summed E-state index contributed by atoms with van der Waals surface area (Å²) in [4.78, 5) is 53.7. The summed E-state index contributed by atoms with van der Waals surface area (Å²) in [5, 5.41) is 27.8. The predicted molar refractivity (Wildman–Crippen MR) is 216 cm³/mol. The Balaban J connectivity index is 2.15. The first-order chi connectivity index (χ1) is 26.4. The Morgan fingerprint density at radius 1 is 0.800 bits per heavy atom. The average Bonchev–Trinajstić information content (AvgIpc) is 3.16. The molecule has 1 saturated heterocycles. The highest BCUT2D eigenvalue weighted by Crippen LogP contribution is 2.33. The topological polar surface area (TPSA) is 181 Å². The molecular weight excluding hydrogens is 700 g/mol. The molecule has 12 heteroatoms. The van der Waals surface area contributed by atoms with E-state index >= 15 is 0 Å². The average molecular weight is 775 g/mol. The number of alkyl carbamates (subject to hydrolysis) is 1. The van der Waals surface area contributed by atoms with Crippen LogP contribution < -0.4 is 16.4 Å². The lowest BCUT2D eigenvalue weighted by Gasteiger charge is -2.53. The molecule has 0 bridgehead atoms. The number of unbranched alkanes of at least 4 members (excludes halogenated alkanes) is 17. The number of amides is 3. The second kappa shape index (κ2) is 27.5. The van der Waals surface area contributed by atoms with E-state index in [4.69, 9.17) is 15.2 Å². The number of carbonyl (C=O) groups excluding carboxylic acids is 4. The zero-order valence-electron chi connectivity index (χ0n) is 34.4. The third kappa shape index (κ3) is 18.2. The van der Waals surface area contributed by atoms with Gasteiger partial charge < -0.3 is 30.3 Å². The molecule has 1 heterocycles. The summed E-state index contributed by atoms with van der Waals surface area (Å²) < 4.78 is 11.6. The highest BCUT2D eigenvalue weighted by Gasteiger charge is 2.57. The van der Waals surface area contributed by atoms with Gasteiger partial charge in [-0.3, -0.25) is 25.0 Å². The van der Waals surface area contributed by atoms with Gasteiger partial charge in [-0.15, -0.1) is 0 Å². The molecule has 12 nitrogen and oxygen atoms in total. The number of benzene rings is 1. The lowest BCUT2D eigenvalue weighted by molar-refractivity contribution is -0.276. The van der Waals surface area contributed by atoms with Gasteiger partial charge in [0, 0.05) is 26.3 Å². The van der Waals surface area contributed by atoms with Gasteiger partial charge in [0.2, 0.25) is 17.7 Å². The molecule has 6 N–H and O–H groups in total. The third-order valence-corrected chi connectivity index (χ3v) is 10.6. The van der Waals surface area contributed by atoms with E-state index in [1.54, 1.807) is 0 Å². The summed E-state index contributed by atoms with van der Waals surface area (Å²) in [5.41, 5.74) is 7.78. The lowest BCUT2D eigenvalue weighted by atomic mass is 9.88. The Labute approximate surface area is 331 Å². The third-order valence-electron chi connectivity index (χ3n) is 10.6. The van der Waals surface area contributed by atoms with Crippen molar-refractivity contribution in [2.75, 3.05) is 6.54 Å². The fourth-order valence-electron chi connectivity index (χ4n) is 7.22. The molecule has 6 atom stereocenters. The number of hydrogen-bond donors (Lipinski definition) is 5. The first-order valence-corrected chi connectivity index (χ1v) is 21.3. The van der Waals surface area contributed by atoms with Crippen LogP contribution in [0.1, 0.15) is 168 Å². The Hall–Kier alpha value is -3.06. The fourth-order valence-corrected chi connectivity index (χ4v) is 7.22. The number of aliphatic hydroxyl groups excluding tert-OH is 2. The molecule has 0 spiro atoms. The number of nitrogens with one attached hydrogen (secondary N) is 2. The van der Waals surface area contributed by atoms with Crippen molar-refractivity contribution in [3.8, 4) is 0 Å². The fraction of sp³-hybridized carbons (Fsp3) is 0.767. The molecule has 1 aromatic rings. The van der Waals surface area contributed by atoms with Crippen LogP contribution in [0.4, 0.5) is 4.79 Å². The van der Waals surface area contributed by atoms with E-state index in [1.807, 2.05) is 30.3 Å². The summed E-state index contributed by atoms with van der Waals surface area (Å²) in [5.74, 6) is -3.37. The molecule has 0 aromatic heterocycles. The summed E-state index contributed by atoms with van der Waals surface area (Å²) >= 11 is 0. The number of hydrogen-bond acceptors (Lipinski definition) is 9. The molecule has 1 aliphatic heterocycles. The maximum Gasteiger partial charge on any atom is 0.408 e. The summed E-state index contributed by atoms with van der Waals surface area (Å²) in [7, 11) is 0. The van der Waals surface area contributed by atoms with Gasteiger partial charge in [-0.2, -0.15) is 0 Å². The zero-order chi connectivity index (χ0) is 40.5. The van der Waals surface area contributed by atoms with E-state index in [-0.39, 0.29) is 25.5 Å². The number of aliphatic hydroxyl groups is 2. The van der Waals surface area contributed by atoms with Crippen LogP contribution >= 0.6 is 0 Å². The molecule has 1 fully saturated rings. The first-order valence-electron chi connectivity index (χ1n) is 21.3. The summed E-state index contributed by atoms with van der Waals surface area (Å²) in [6, 6.07) is 6.72. The SMILES string of the molecule is CCCCCCCCCCCCN(C(=O)CCCCCCCCCCC)[C@]1(N)O[C@H](CC(=O)[C@H](C)NC(=O)OCc2ccccc2)[C@@H](O)[C@H](O)[C@H]1NC(C)=O.